The average Bonchev–Trinajstić information content (AvgIpc) is 2.03. The summed E-state index contributed by atoms with van der Waals surface area (Å²) >= 11 is 0. The number of hydrogen-bond donors (Lipinski definition) is 0. The zero-order chi connectivity index (χ0) is 7.23. The van der Waals surface area contributed by atoms with Gasteiger partial charge in [0, 0.05) is 0 Å². The third-order valence-corrected chi connectivity index (χ3v) is 1.26. The second-order valence-corrected chi connectivity index (χ2v) is 2.03. The molecule has 52 valence electrons. The lowest BCUT2D eigenvalue weighted by Gasteiger charge is -1.92. The Labute approximate surface area is 61.6 Å². The van der Waals surface area contributed by atoms with Crippen LogP contribution in [0.2, 0.25) is 0 Å². The van der Waals surface area contributed by atoms with E-state index in [1.54, 1.807) is 6.61 Å². The van der Waals surface area contributed by atoms with Gasteiger partial charge in [0.25, 0.3) is 0 Å². The van der Waals surface area contributed by atoms with E-state index in [9.17, 15) is 0 Å². The molecule has 0 saturated heterocycles. The average molecular weight is 135 g/mol. The quantitative estimate of drug-likeness (QED) is 0.578. The van der Waals surface area contributed by atoms with Crippen LogP contribution in [-0.2, 0) is 11.3 Å². The van der Waals surface area contributed by atoms with Gasteiger partial charge in [-0.05, 0) is 5.56 Å². The maximum Gasteiger partial charge on any atom is 0.224 e. The fourth-order valence-corrected chi connectivity index (χ4v) is 0.754. The summed E-state index contributed by atoms with van der Waals surface area (Å²) in [6.45, 7) is 4.26. The predicted octanol–water partition coefficient (Wildman–Crippen LogP) is 2.38. The Morgan fingerprint density at radius 2 is 2.00 bits per heavy atom. The maximum atomic E-state index is 5.09. The molecule has 10 heavy (non-hydrogen) atoms. The van der Waals surface area contributed by atoms with Crippen molar-refractivity contribution in [3.63, 3.8) is 0 Å². The van der Waals surface area contributed by atoms with Crippen LogP contribution in [0, 0.1) is 6.61 Å². The molecule has 1 heteroatoms. The minimum absolute atomic E-state index is 0.678. The topological polar surface area (TPSA) is 9.23 Å². The van der Waals surface area contributed by atoms with Gasteiger partial charge in [-0.3, -0.25) is 0 Å². The molecule has 0 aliphatic carbocycles. The van der Waals surface area contributed by atoms with Crippen molar-refractivity contribution >= 4 is 0 Å². The van der Waals surface area contributed by atoms with Gasteiger partial charge in [0.1, 0.15) is 13.5 Å². The fourth-order valence-electron chi connectivity index (χ4n) is 0.754. The molecule has 0 fully saturated rings. The molecule has 0 aliphatic rings. The zero-order valence-corrected chi connectivity index (χ0v) is 6.08. The molecule has 0 radical (unpaired) electrons. The van der Waals surface area contributed by atoms with E-state index in [2.05, 4.69) is 0 Å². The molecule has 1 aromatic rings. The normalized spacial score (nSPS) is 9.30. The fraction of sp³-hybridized carbons (Fsp3) is 0.222. The summed E-state index contributed by atoms with van der Waals surface area (Å²) in [5.74, 6) is 0. The summed E-state index contributed by atoms with van der Waals surface area (Å²) in [7, 11) is 0. The first-order valence-corrected chi connectivity index (χ1v) is 3.37. The number of hydrogen-bond acceptors (Lipinski definition) is 1. The van der Waals surface area contributed by atoms with E-state index in [0.717, 1.165) is 0 Å². The van der Waals surface area contributed by atoms with Crippen LogP contribution in [0.15, 0.2) is 30.3 Å². The minimum Gasteiger partial charge on any atom is -0.192 e. The van der Waals surface area contributed by atoms with Crippen LogP contribution in [0.4, 0.5) is 0 Å². The highest BCUT2D eigenvalue weighted by atomic mass is 16.5. The van der Waals surface area contributed by atoms with Crippen LogP contribution in [-0.4, -0.2) is 0 Å². The van der Waals surface area contributed by atoms with E-state index in [1.807, 2.05) is 37.3 Å². The van der Waals surface area contributed by atoms with E-state index in [1.165, 1.54) is 5.56 Å². The molecule has 0 heterocycles. The lowest BCUT2D eigenvalue weighted by molar-refractivity contribution is 0.191. The van der Waals surface area contributed by atoms with Crippen molar-refractivity contribution < 1.29 is 4.74 Å². The minimum atomic E-state index is 0.678. The SMILES string of the molecule is C[CH+]OCc1ccccc1. The van der Waals surface area contributed by atoms with Crippen LogP contribution in [0.1, 0.15) is 12.5 Å². The van der Waals surface area contributed by atoms with Gasteiger partial charge >= 0.3 is 0 Å². The van der Waals surface area contributed by atoms with Crippen molar-refractivity contribution in [1.82, 2.24) is 0 Å². The summed E-state index contributed by atoms with van der Waals surface area (Å²) in [5, 5.41) is 0. The number of ether oxygens (including phenoxy) is 1. The predicted molar refractivity (Wildman–Crippen MR) is 41.2 cm³/mol. The van der Waals surface area contributed by atoms with Crippen molar-refractivity contribution in [2.75, 3.05) is 0 Å². The van der Waals surface area contributed by atoms with Gasteiger partial charge < -0.3 is 0 Å². The van der Waals surface area contributed by atoms with Crippen LogP contribution in [0.25, 0.3) is 0 Å². The Bertz CT molecular complexity index is 169. The molecule has 0 aromatic heterocycles. The van der Waals surface area contributed by atoms with Gasteiger partial charge in [-0.25, -0.2) is 0 Å². The van der Waals surface area contributed by atoms with Gasteiger partial charge in [0.05, 0.1) is 0 Å². The van der Waals surface area contributed by atoms with Crippen molar-refractivity contribution in [2.24, 2.45) is 0 Å². The summed E-state index contributed by atoms with van der Waals surface area (Å²) < 4.78 is 5.09. The van der Waals surface area contributed by atoms with Gasteiger partial charge in [0.15, 0.2) is 0 Å². The van der Waals surface area contributed by atoms with Crippen molar-refractivity contribution in [2.45, 2.75) is 13.5 Å². The second kappa shape index (κ2) is 3.96. The van der Waals surface area contributed by atoms with Gasteiger partial charge in [-0.15, -0.1) is 0 Å². The van der Waals surface area contributed by atoms with E-state index >= 15 is 0 Å². The highest BCUT2D eigenvalue weighted by molar-refractivity contribution is 5.13. The van der Waals surface area contributed by atoms with Gasteiger partial charge in [-0.1, -0.05) is 30.3 Å². The molecule has 0 bridgehead atoms. The van der Waals surface area contributed by atoms with Gasteiger partial charge in [-0.2, -0.15) is 4.74 Å². The van der Waals surface area contributed by atoms with Crippen molar-refractivity contribution in [3.8, 4) is 0 Å². The molecule has 0 atom stereocenters. The molecule has 1 aromatic carbocycles. The molecule has 0 spiro atoms. The zero-order valence-electron chi connectivity index (χ0n) is 6.08. The summed E-state index contributed by atoms with van der Waals surface area (Å²) in [4.78, 5) is 0. The largest absolute Gasteiger partial charge is 0.224 e. The maximum absolute atomic E-state index is 5.09. The second-order valence-electron chi connectivity index (χ2n) is 2.03. The first-order valence-electron chi connectivity index (χ1n) is 3.37. The Morgan fingerprint density at radius 1 is 1.30 bits per heavy atom. The smallest absolute Gasteiger partial charge is 0.192 e. The Kier molecular flexibility index (Phi) is 2.84. The Balaban J connectivity index is 2.43. The lowest BCUT2D eigenvalue weighted by Crippen LogP contribution is -1.86. The van der Waals surface area contributed by atoms with E-state index in [0.29, 0.717) is 6.61 Å². The van der Waals surface area contributed by atoms with Crippen LogP contribution in [0.3, 0.4) is 0 Å². The highest BCUT2D eigenvalue weighted by Gasteiger charge is 1.92. The molecular formula is C9H11O+. The van der Waals surface area contributed by atoms with Gasteiger partial charge in [0.2, 0.25) is 6.61 Å². The third kappa shape index (κ3) is 2.11. The van der Waals surface area contributed by atoms with Crippen LogP contribution in [0.5, 0.6) is 0 Å². The summed E-state index contributed by atoms with van der Waals surface area (Å²) in [6.07, 6.45) is 0. The Morgan fingerprint density at radius 3 is 2.60 bits per heavy atom. The molecule has 0 aliphatic heterocycles. The van der Waals surface area contributed by atoms with E-state index < -0.39 is 0 Å². The summed E-state index contributed by atoms with van der Waals surface area (Å²) in [5.41, 5.74) is 1.21. The molecule has 0 amide bonds. The molecular weight excluding hydrogens is 124 g/mol. The number of rotatable bonds is 3. The third-order valence-electron chi connectivity index (χ3n) is 1.26. The van der Waals surface area contributed by atoms with Crippen molar-refractivity contribution in [1.29, 1.82) is 0 Å². The molecule has 0 saturated carbocycles. The first-order chi connectivity index (χ1) is 4.93. The molecule has 0 N–H and O–H groups in total. The molecule has 1 rings (SSSR count). The van der Waals surface area contributed by atoms with Crippen LogP contribution >= 0.6 is 0 Å². The van der Waals surface area contributed by atoms with Crippen LogP contribution < -0.4 is 0 Å². The lowest BCUT2D eigenvalue weighted by atomic mass is 10.2. The summed E-state index contributed by atoms with van der Waals surface area (Å²) in [6, 6.07) is 10.1. The first kappa shape index (κ1) is 7.16. The number of benzene rings is 1. The van der Waals surface area contributed by atoms with Crippen molar-refractivity contribution in [3.05, 3.63) is 42.5 Å². The standard InChI is InChI=1S/C9H11O/c1-2-10-8-9-6-4-3-5-7-9/h2-7H,8H2,1H3/q+1. The molecule has 1 nitrogen and oxygen atoms in total. The van der Waals surface area contributed by atoms with E-state index in [4.69, 9.17) is 4.74 Å². The van der Waals surface area contributed by atoms with E-state index in [-0.39, 0.29) is 0 Å². The molecule has 0 unspecified atom stereocenters. The monoisotopic (exact) mass is 135 g/mol. The Hall–Kier alpha value is -0.950. The highest BCUT2D eigenvalue weighted by Crippen LogP contribution is 2.00.